The molecule has 0 atom stereocenters. The standard InChI is InChI=1S/C16H14F4S2/c1-3-9-6-5-7-10(4-2)15(9)21-22-16-13(19)11(17)8-12(18)14(16)20/h5-8H,3-4H2,1-2H3. The van der Waals surface area contributed by atoms with Gasteiger partial charge in [0.05, 0.1) is 4.90 Å². The quantitative estimate of drug-likeness (QED) is 0.361. The molecule has 0 heterocycles. The lowest BCUT2D eigenvalue weighted by Crippen LogP contribution is -1.97. The molecule has 2 aromatic rings. The number of rotatable bonds is 5. The third-order valence-corrected chi connectivity index (χ3v) is 5.77. The summed E-state index contributed by atoms with van der Waals surface area (Å²) in [5.74, 6) is -5.49. The van der Waals surface area contributed by atoms with E-state index in [1.807, 2.05) is 32.0 Å². The van der Waals surface area contributed by atoms with Gasteiger partial charge in [-0.2, -0.15) is 0 Å². The normalized spacial score (nSPS) is 11.0. The summed E-state index contributed by atoms with van der Waals surface area (Å²) in [5.41, 5.74) is 2.07. The van der Waals surface area contributed by atoms with E-state index < -0.39 is 28.2 Å². The molecule has 2 aromatic carbocycles. The van der Waals surface area contributed by atoms with Crippen LogP contribution in [0.25, 0.3) is 0 Å². The highest BCUT2D eigenvalue weighted by Gasteiger charge is 2.21. The minimum atomic E-state index is -1.39. The summed E-state index contributed by atoms with van der Waals surface area (Å²) < 4.78 is 53.9. The van der Waals surface area contributed by atoms with Crippen LogP contribution >= 0.6 is 21.6 Å². The van der Waals surface area contributed by atoms with E-state index in [2.05, 4.69) is 0 Å². The van der Waals surface area contributed by atoms with Crippen LogP contribution in [0.15, 0.2) is 34.1 Å². The van der Waals surface area contributed by atoms with Gasteiger partial charge in [0.15, 0.2) is 23.3 Å². The summed E-state index contributed by atoms with van der Waals surface area (Å²) >= 11 is 0. The van der Waals surface area contributed by atoms with Gasteiger partial charge in [-0.3, -0.25) is 0 Å². The Hall–Kier alpha value is -1.14. The Labute approximate surface area is 134 Å². The zero-order valence-electron chi connectivity index (χ0n) is 12.1. The minimum Gasteiger partial charge on any atom is -0.204 e. The van der Waals surface area contributed by atoms with E-state index in [4.69, 9.17) is 0 Å². The molecular weight excluding hydrogens is 332 g/mol. The maximum absolute atomic E-state index is 13.7. The molecule has 0 saturated carbocycles. The Morgan fingerprint density at radius 1 is 0.773 bits per heavy atom. The smallest absolute Gasteiger partial charge is 0.176 e. The molecule has 118 valence electrons. The predicted molar refractivity (Wildman–Crippen MR) is 83.2 cm³/mol. The van der Waals surface area contributed by atoms with Crippen molar-refractivity contribution >= 4 is 21.6 Å². The molecule has 2 rings (SSSR count). The molecule has 6 heteroatoms. The molecule has 0 nitrogen and oxygen atoms in total. The van der Waals surface area contributed by atoms with Crippen molar-refractivity contribution in [2.75, 3.05) is 0 Å². The monoisotopic (exact) mass is 346 g/mol. The number of aryl methyl sites for hydroxylation is 2. The van der Waals surface area contributed by atoms with Crippen molar-refractivity contribution in [3.8, 4) is 0 Å². The van der Waals surface area contributed by atoms with Crippen LogP contribution in [0, 0.1) is 23.3 Å². The topological polar surface area (TPSA) is 0 Å². The lowest BCUT2D eigenvalue weighted by atomic mass is 10.1. The summed E-state index contributed by atoms with van der Waals surface area (Å²) in [6.07, 6.45) is 1.53. The van der Waals surface area contributed by atoms with Crippen LogP contribution in [0.4, 0.5) is 17.6 Å². The second-order valence-electron chi connectivity index (χ2n) is 4.58. The molecule has 0 radical (unpaired) electrons. The molecule has 0 aliphatic carbocycles. The van der Waals surface area contributed by atoms with Crippen molar-refractivity contribution in [3.63, 3.8) is 0 Å². The van der Waals surface area contributed by atoms with Crippen molar-refractivity contribution < 1.29 is 17.6 Å². The number of hydrogen-bond acceptors (Lipinski definition) is 2. The van der Waals surface area contributed by atoms with E-state index in [1.165, 1.54) is 0 Å². The molecular formula is C16H14F4S2. The van der Waals surface area contributed by atoms with Crippen molar-refractivity contribution in [3.05, 3.63) is 58.7 Å². The molecule has 0 unspecified atom stereocenters. The van der Waals surface area contributed by atoms with Gasteiger partial charge in [-0.25, -0.2) is 17.6 Å². The van der Waals surface area contributed by atoms with Crippen LogP contribution < -0.4 is 0 Å². The number of benzene rings is 2. The van der Waals surface area contributed by atoms with Crippen molar-refractivity contribution in [2.24, 2.45) is 0 Å². The largest absolute Gasteiger partial charge is 0.204 e. The van der Waals surface area contributed by atoms with E-state index in [-0.39, 0.29) is 6.07 Å². The SMILES string of the molecule is CCc1cccc(CC)c1SSc1c(F)c(F)cc(F)c1F. The average molecular weight is 346 g/mol. The third-order valence-electron chi connectivity index (χ3n) is 3.22. The highest BCUT2D eigenvalue weighted by Crippen LogP contribution is 2.43. The fourth-order valence-corrected chi connectivity index (χ4v) is 4.74. The van der Waals surface area contributed by atoms with Gasteiger partial charge in [0.25, 0.3) is 0 Å². The zero-order chi connectivity index (χ0) is 16.3. The molecule has 0 aliphatic heterocycles. The lowest BCUT2D eigenvalue weighted by Gasteiger charge is -2.12. The van der Waals surface area contributed by atoms with Gasteiger partial charge in [0.1, 0.15) is 0 Å². The van der Waals surface area contributed by atoms with E-state index >= 15 is 0 Å². The van der Waals surface area contributed by atoms with Gasteiger partial charge >= 0.3 is 0 Å². The maximum atomic E-state index is 13.7. The molecule has 0 saturated heterocycles. The highest BCUT2D eigenvalue weighted by atomic mass is 33.1. The Bertz CT molecular complexity index is 638. The Morgan fingerprint density at radius 2 is 1.23 bits per heavy atom. The van der Waals surface area contributed by atoms with Crippen molar-refractivity contribution in [1.29, 1.82) is 0 Å². The molecule has 0 N–H and O–H groups in total. The first-order chi connectivity index (χ1) is 10.5. The Kier molecular flexibility index (Phi) is 5.81. The zero-order valence-corrected chi connectivity index (χ0v) is 13.7. The van der Waals surface area contributed by atoms with Gasteiger partial charge in [-0.1, -0.05) is 42.8 Å². The first-order valence-corrected chi connectivity index (χ1v) is 8.92. The maximum Gasteiger partial charge on any atom is 0.176 e. The van der Waals surface area contributed by atoms with Crippen LogP contribution in [0.3, 0.4) is 0 Å². The molecule has 0 aromatic heterocycles. The predicted octanol–water partition coefficient (Wildman–Crippen LogP) is 6.17. The molecule has 0 fully saturated rings. The lowest BCUT2D eigenvalue weighted by molar-refractivity contribution is 0.426. The fraction of sp³-hybridized carbons (Fsp3) is 0.250. The van der Waals surface area contributed by atoms with Gasteiger partial charge < -0.3 is 0 Å². The van der Waals surface area contributed by atoms with Crippen LogP contribution in [-0.2, 0) is 12.8 Å². The van der Waals surface area contributed by atoms with Gasteiger partial charge in [0.2, 0.25) is 0 Å². The fourth-order valence-electron chi connectivity index (χ4n) is 2.01. The van der Waals surface area contributed by atoms with Gasteiger partial charge in [-0.05, 0) is 34.8 Å². The van der Waals surface area contributed by atoms with Gasteiger partial charge in [-0.15, -0.1) is 0 Å². The summed E-state index contributed by atoms with van der Waals surface area (Å²) in [5, 5.41) is 0. The van der Waals surface area contributed by atoms with Crippen molar-refractivity contribution in [1.82, 2.24) is 0 Å². The number of hydrogen-bond donors (Lipinski definition) is 0. The van der Waals surface area contributed by atoms with E-state index in [0.29, 0.717) is 10.8 Å². The van der Waals surface area contributed by atoms with E-state index in [9.17, 15) is 17.6 Å². The van der Waals surface area contributed by atoms with Crippen LogP contribution in [0.5, 0.6) is 0 Å². The van der Waals surface area contributed by atoms with Crippen LogP contribution in [0.1, 0.15) is 25.0 Å². The summed E-state index contributed by atoms with van der Waals surface area (Å²) in [6.45, 7) is 3.96. The minimum absolute atomic E-state index is 0.219. The van der Waals surface area contributed by atoms with Gasteiger partial charge in [0, 0.05) is 11.0 Å². The summed E-state index contributed by atoms with van der Waals surface area (Å²) in [4.78, 5) is 0.247. The molecule has 22 heavy (non-hydrogen) atoms. The Morgan fingerprint density at radius 3 is 1.68 bits per heavy atom. The first-order valence-electron chi connectivity index (χ1n) is 6.77. The number of halogens is 4. The molecule has 0 aliphatic rings. The van der Waals surface area contributed by atoms with Crippen molar-refractivity contribution in [2.45, 2.75) is 36.5 Å². The molecule has 0 bridgehead atoms. The highest BCUT2D eigenvalue weighted by molar-refractivity contribution is 8.76. The average Bonchev–Trinajstić information content (AvgIpc) is 2.52. The van der Waals surface area contributed by atoms with Crippen LogP contribution in [-0.4, -0.2) is 0 Å². The summed E-state index contributed by atoms with van der Waals surface area (Å²) in [7, 11) is 1.83. The molecule has 0 amide bonds. The second kappa shape index (κ2) is 7.42. The first kappa shape index (κ1) is 17.2. The van der Waals surface area contributed by atoms with Crippen LogP contribution in [0.2, 0.25) is 0 Å². The summed E-state index contributed by atoms with van der Waals surface area (Å²) in [6, 6.07) is 6.01. The third kappa shape index (κ3) is 3.43. The van der Waals surface area contributed by atoms with E-state index in [0.717, 1.165) is 39.7 Å². The molecule has 0 spiro atoms. The second-order valence-corrected chi connectivity index (χ2v) is 6.73. The Balaban J connectivity index is 2.36. The van der Waals surface area contributed by atoms with E-state index in [1.54, 1.807) is 0 Å².